The van der Waals surface area contributed by atoms with E-state index >= 15 is 0 Å². The molecular weight excluding hydrogens is 430 g/mol. The minimum atomic E-state index is -0.933. The van der Waals surface area contributed by atoms with Gasteiger partial charge in [-0.15, -0.1) is 0 Å². The van der Waals surface area contributed by atoms with Crippen LogP contribution < -0.4 is 17.2 Å². The molecule has 0 aromatic carbocycles. The zero-order chi connectivity index (χ0) is 24.6. The van der Waals surface area contributed by atoms with Gasteiger partial charge in [0.2, 0.25) is 0 Å². The summed E-state index contributed by atoms with van der Waals surface area (Å²) in [6.45, 7) is 2.83. The molecule has 8 nitrogen and oxygen atoms in total. The van der Waals surface area contributed by atoms with Crippen molar-refractivity contribution in [2.24, 2.45) is 17.2 Å². The van der Waals surface area contributed by atoms with Crippen molar-refractivity contribution < 1.29 is 24.2 Å². The van der Waals surface area contributed by atoms with Gasteiger partial charge in [0.05, 0.1) is 0 Å². The monoisotopic (exact) mass is 477 g/mol. The number of esters is 2. The van der Waals surface area contributed by atoms with Gasteiger partial charge in [-0.2, -0.15) is 11.8 Å². The zero-order valence-electron chi connectivity index (χ0n) is 20.2. The van der Waals surface area contributed by atoms with Crippen LogP contribution in [0.1, 0.15) is 96.8 Å². The first kappa shape index (κ1) is 33.0. The lowest BCUT2D eigenvalue weighted by molar-refractivity contribution is -0.160. The van der Waals surface area contributed by atoms with Crippen LogP contribution in [0.15, 0.2) is 0 Å². The number of aliphatic carboxylic acids is 1. The molecule has 0 aliphatic heterocycles. The maximum atomic E-state index is 11.5. The van der Waals surface area contributed by atoms with Gasteiger partial charge < -0.3 is 27.0 Å². The first-order valence-electron chi connectivity index (χ1n) is 12.0. The Kier molecular flexibility index (Phi) is 25.3. The van der Waals surface area contributed by atoms with Gasteiger partial charge in [0, 0.05) is 6.42 Å². The molecule has 190 valence electrons. The fourth-order valence-corrected chi connectivity index (χ4v) is 3.30. The summed E-state index contributed by atoms with van der Waals surface area (Å²) >= 11 is 1.62. The van der Waals surface area contributed by atoms with E-state index < -0.39 is 30.0 Å². The third-order valence-corrected chi connectivity index (χ3v) is 5.57. The highest BCUT2D eigenvalue weighted by molar-refractivity contribution is 7.98. The molecule has 0 saturated carbocycles. The number of ether oxygens (including phenoxy) is 1. The van der Waals surface area contributed by atoms with Crippen molar-refractivity contribution in [3.63, 3.8) is 0 Å². The van der Waals surface area contributed by atoms with E-state index in [0.717, 1.165) is 37.9 Å². The van der Waals surface area contributed by atoms with Crippen LogP contribution in [0.3, 0.4) is 0 Å². The van der Waals surface area contributed by atoms with Gasteiger partial charge in [0.1, 0.15) is 12.1 Å². The second-order valence-corrected chi connectivity index (χ2v) is 8.97. The zero-order valence-corrected chi connectivity index (χ0v) is 21.0. The van der Waals surface area contributed by atoms with Gasteiger partial charge in [0.25, 0.3) is 0 Å². The summed E-state index contributed by atoms with van der Waals surface area (Å²) in [5.74, 6) is -1.16. The van der Waals surface area contributed by atoms with Crippen LogP contribution in [0.2, 0.25) is 0 Å². The Hall–Kier alpha value is -1.16. The Balaban J connectivity index is 0. The highest BCUT2D eigenvalue weighted by atomic mass is 32.2. The first-order valence-corrected chi connectivity index (χ1v) is 13.4. The summed E-state index contributed by atoms with van der Waals surface area (Å²) in [4.78, 5) is 33.2. The lowest BCUT2D eigenvalue weighted by Crippen LogP contribution is -2.34. The van der Waals surface area contributed by atoms with Crippen molar-refractivity contribution in [3.05, 3.63) is 0 Å². The van der Waals surface area contributed by atoms with Gasteiger partial charge in [0.15, 0.2) is 0 Å². The van der Waals surface area contributed by atoms with E-state index in [0.29, 0.717) is 25.8 Å². The molecule has 0 spiro atoms. The molecule has 0 heterocycles. The van der Waals surface area contributed by atoms with Crippen molar-refractivity contribution in [3.8, 4) is 0 Å². The second kappa shape index (κ2) is 24.5. The number of hydrogen-bond donors (Lipinski definition) is 4. The van der Waals surface area contributed by atoms with Crippen LogP contribution in [-0.4, -0.2) is 53.7 Å². The van der Waals surface area contributed by atoms with Crippen LogP contribution in [0.25, 0.3) is 0 Å². The molecular formula is C23H47N3O5S. The normalized spacial score (nSPS) is 12.4. The largest absolute Gasteiger partial charge is 0.480 e. The Bertz CT molecular complexity index is 481. The molecule has 0 amide bonds. The SMILES string of the molecule is CCCCCCCCCCCC(=O)OC(=O)C(N)CCSC.NCCCCC(N)C(=O)O. The summed E-state index contributed by atoms with van der Waals surface area (Å²) < 4.78 is 4.77. The predicted octanol–water partition coefficient (Wildman–Crippen LogP) is 3.58. The average Bonchev–Trinajstić information content (AvgIpc) is 2.76. The quantitative estimate of drug-likeness (QED) is 0.124. The molecule has 9 heteroatoms. The molecule has 0 bridgehead atoms. The summed E-state index contributed by atoms with van der Waals surface area (Å²) in [5, 5.41) is 8.33. The highest BCUT2D eigenvalue weighted by Crippen LogP contribution is 2.11. The van der Waals surface area contributed by atoms with Crippen LogP contribution in [0.4, 0.5) is 0 Å². The molecule has 0 aromatic rings. The molecule has 0 rings (SSSR count). The number of nitrogens with two attached hydrogens (primary N) is 3. The van der Waals surface area contributed by atoms with Crippen molar-refractivity contribution in [1.82, 2.24) is 0 Å². The van der Waals surface area contributed by atoms with Crippen LogP contribution in [0.5, 0.6) is 0 Å². The minimum absolute atomic E-state index is 0.316. The molecule has 7 N–H and O–H groups in total. The summed E-state index contributed by atoms with van der Waals surface area (Å²) in [6.07, 6.45) is 15.7. The molecule has 0 aliphatic carbocycles. The van der Waals surface area contributed by atoms with E-state index in [1.54, 1.807) is 11.8 Å². The maximum absolute atomic E-state index is 11.5. The fraction of sp³-hybridized carbons (Fsp3) is 0.870. The number of unbranched alkanes of at least 4 members (excludes halogenated alkanes) is 9. The predicted molar refractivity (Wildman–Crippen MR) is 132 cm³/mol. The van der Waals surface area contributed by atoms with E-state index in [1.165, 1.54) is 38.5 Å². The summed E-state index contributed by atoms with van der Waals surface area (Å²) in [6, 6.07) is -1.40. The summed E-state index contributed by atoms with van der Waals surface area (Å²) in [5.41, 5.74) is 16.1. The van der Waals surface area contributed by atoms with E-state index in [9.17, 15) is 14.4 Å². The Labute approximate surface area is 198 Å². The maximum Gasteiger partial charge on any atom is 0.330 e. The molecule has 32 heavy (non-hydrogen) atoms. The molecule has 2 atom stereocenters. The fourth-order valence-electron chi connectivity index (χ4n) is 2.81. The third kappa shape index (κ3) is 23.5. The van der Waals surface area contributed by atoms with Crippen molar-refractivity contribution in [1.29, 1.82) is 0 Å². The van der Waals surface area contributed by atoms with Crippen LogP contribution in [-0.2, 0) is 19.1 Å². The number of carboxylic acid groups (broad SMARTS) is 1. The third-order valence-electron chi connectivity index (χ3n) is 4.92. The van der Waals surface area contributed by atoms with Crippen LogP contribution in [0, 0.1) is 0 Å². The Morgan fingerprint density at radius 1 is 0.844 bits per heavy atom. The highest BCUT2D eigenvalue weighted by Gasteiger charge is 2.18. The van der Waals surface area contributed by atoms with Crippen molar-refractivity contribution >= 4 is 29.7 Å². The topological polar surface area (TPSA) is 159 Å². The number of carboxylic acids is 1. The number of rotatable bonds is 19. The number of carbonyl (C=O) groups excluding carboxylic acids is 2. The van der Waals surface area contributed by atoms with Crippen molar-refractivity contribution in [2.75, 3.05) is 18.6 Å². The molecule has 0 radical (unpaired) electrons. The first-order chi connectivity index (χ1) is 15.3. The molecule has 0 aromatic heterocycles. The minimum Gasteiger partial charge on any atom is -0.480 e. The Morgan fingerprint density at radius 3 is 1.91 bits per heavy atom. The lowest BCUT2D eigenvalue weighted by Gasteiger charge is -2.09. The van der Waals surface area contributed by atoms with E-state index in [2.05, 4.69) is 6.92 Å². The smallest absolute Gasteiger partial charge is 0.330 e. The number of hydrogen-bond acceptors (Lipinski definition) is 8. The average molecular weight is 478 g/mol. The Morgan fingerprint density at radius 2 is 1.41 bits per heavy atom. The van der Waals surface area contributed by atoms with E-state index in [4.69, 9.17) is 27.0 Å². The van der Waals surface area contributed by atoms with Crippen molar-refractivity contribution in [2.45, 2.75) is 109 Å². The standard InChI is InChI=1S/C17H33NO3S.C6H14N2O2/c1-3-4-5-6-7-8-9-10-11-12-16(19)21-17(20)15(18)13-14-22-2;7-4-2-1-3-5(8)6(9)10/h15H,3-14,18H2,1-2H3;5H,1-4,7-8H2,(H,9,10). The number of carbonyl (C=O) groups is 3. The van der Waals surface area contributed by atoms with Gasteiger partial charge >= 0.3 is 17.9 Å². The lowest BCUT2D eigenvalue weighted by atomic mass is 10.1. The molecule has 0 saturated heterocycles. The van der Waals surface area contributed by atoms with Gasteiger partial charge in [-0.25, -0.2) is 4.79 Å². The molecule has 2 unspecified atom stereocenters. The van der Waals surface area contributed by atoms with E-state index in [-0.39, 0.29) is 0 Å². The van der Waals surface area contributed by atoms with Crippen LogP contribution >= 0.6 is 11.8 Å². The van der Waals surface area contributed by atoms with Gasteiger partial charge in [-0.1, -0.05) is 64.7 Å². The second-order valence-electron chi connectivity index (χ2n) is 7.99. The number of thioether (sulfide) groups is 1. The molecule has 0 fully saturated rings. The summed E-state index contributed by atoms with van der Waals surface area (Å²) in [7, 11) is 0. The van der Waals surface area contributed by atoms with Gasteiger partial charge in [-0.3, -0.25) is 9.59 Å². The molecule has 0 aliphatic rings. The van der Waals surface area contributed by atoms with Gasteiger partial charge in [-0.05, 0) is 44.2 Å². The van der Waals surface area contributed by atoms with E-state index in [1.807, 2.05) is 6.26 Å².